The van der Waals surface area contributed by atoms with E-state index in [4.69, 9.17) is 28.9 Å². The molecular weight excluding hydrogens is 395 g/mol. The van der Waals surface area contributed by atoms with Crippen LogP contribution in [-0.4, -0.2) is 37.0 Å². The second-order valence-electron chi connectivity index (χ2n) is 6.82. The van der Waals surface area contributed by atoms with Gasteiger partial charge in [0.05, 0.1) is 26.8 Å². The van der Waals surface area contributed by atoms with Crippen LogP contribution >= 0.6 is 23.2 Å². The molecule has 9 heteroatoms. The molecule has 0 amide bonds. The van der Waals surface area contributed by atoms with Gasteiger partial charge in [0.2, 0.25) is 9.84 Å². The van der Waals surface area contributed by atoms with Crippen molar-refractivity contribution in [1.82, 2.24) is 9.97 Å². The summed E-state index contributed by atoms with van der Waals surface area (Å²) in [7, 11) is -3.92. The average Bonchev–Trinajstić information content (AvgIpc) is 2.56. The van der Waals surface area contributed by atoms with Gasteiger partial charge < -0.3 is 10.6 Å². The fourth-order valence-electron chi connectivity index (χ4n) is 2.92. The van der Waals surface area contributed by atoms with Crippen molar-refractivity contribution in [2.75, 3.05) is 18.0 Å². The minimum atomic E-state index is -3.92. The molecule has 140 valence electrons. The predicted octanol–water partition coefficient (Wildman–Crippen LogP) is 3.24. The van der Waals surface area contributed by atoms with E-state index in [9.17, 15) is 8.42 Å². The standard InChI is InChI=1S/C17H20Cl2N4O2S/c1-11-16(26(24,25)13-5-3-4-12(18)15(13)19)21-10-14(22-11)23-8-6-17(2,20)7-9-23/h3-5,10H,6-9,20H2,1-2H3. The molecule has 1 aliphatic heterocycles. The Morgan fingerprint density at radius 1 is 1.23 bits per heavy atom. The summed E-state index contributed by atoms with van der Waals surface area (Å²) < 4.78 is 25.8. The summed E-state index contributed by atoms with van der Waals surface area (Å²) in [6.45, 7) is 5.17. The van der Waals surface area contributed by atoms with E-state index in [-0.39, 0.29) is 25.5 Å². The van der Waals surface area contributed by atoms with Crippen LogP contribution in [0.1, 0.15) is 25.5 Å². The van der Waals surface area contributed by atoms with Gasteiger partial charge in [0.1, 0.15) is 5.82 Å². The smallest absolute Gasteiger partial charge is 0.227 e. The van der Waals surface area contributed by atoms with Crippen LogP contribution in [0.5, 0.6) is 0 Å². The lowest BCUT2D eigenvalue weighted by Gasteiger charge is -2.37. The van der Waals surface area contributed by atoms with Gasteiger partial charge in [-0.25, -0.2) is 18.4 Å². The molecular formula is C17H20Cl2N4O2S. The second kappa shape index (κ2) is 6.96. The molecule has 0 aliphatic carbocycles. The van der Waals surface area contributed by atoms with Gasteiger partial charge in [-0.2, -0.15) is 0 Å². The molecule has 1 fully saturated rings. The Morgan fingerprint density at radius 3 is 2.50 bits per heavy atom. The third-order valence-corrected chi connectivity index (χ3v) is 7.34. The summed E-state index contributed by atoms with van der Waals surface area (Å²) >= 11 is 12.0. The molecule has 0 bridgehead atoms. The maximum absolute atomic E-state index is 12.9. The quantitative estimate of drug-likeness (QED) is 0.828. The van der Waals surface area contributed by atoms with Gasteiger partial charge in [-0.3, -0.25) is 0 Å². The first kappa shape index (κ1) is 19.4. The summed E-state index contributed by atoms with van der Waals surface area (Å²) in [6.07, 6.45) is 3.16. The van der Waals surface area contributed by atoms with Gasteiger partial charge in [0, 0.05) is 18.6 Å². The van der Waals surface area contributed by atoms with Crippen LogP contribution in [0.3, 0.4) is 0 Å². The molecule has 3 rings (SSSR count). The fourth-order valence-corrected chi connectivity index (χ4v) is 5.02. The van der Waals surface area contributed by atoms with Crippen molar-refractivity contribution in [1.29, 1.82) is 0 Å². The maximum Gasteiger partial charge on any atom is 0.227 e. The zero-order valence-electron chi connectivity index (χ0n) is 14.5. The largest absolute Gasteiger partial charge is 0.355 e. The van der Waals surface area contributed by atoms with E-state index in [1.165, 1.54) is 24.4 Å². The van der Waals surface area contributed by atoms with Crippen LogP contribution in [0.4, 0.5) is 5.82 Å². The lowest BCUT2D eigenvalue weighted by atomic mass is 9.91. The Balaban J connectivity index is 1.94. The number of aromatic nitrogens is 2. The van der Waals surface area contributed by atoms with Crippen LogP contribution in [-0.2, 0) is 9.84 Å². The molecule has 2 aromatic rings. The minimum absolute atomic E-state index is 0.0160. The zero-order chi connectivity index (χ0) is 19.1. The highest BCUT2D eigenvalue weighted by Crippen LogP contribution is 2.33. The van der Waals surface area contributed by atoms with Crippen molar-refractivity contribution in [3.63, 3.8) is 0 Å². The number of hydrogen-bond acceptors (Lipinski definition) is 6. The molecule has 6 nitrogen and oxygen atoms in total. The van der Waals surface area contributed by atoms with Crippen LogP contribution in [0.2, 0.25) is 10.0 Å². The lowest BCUT2D eigenvalue weighted by Crippen LogP contribution is -2.48. The molecule has 2 N–H and O–H groups in total. The van der Waals surface area contributed by atoms with Crippen molar-refractivity contribution in [2.45, 2.75) is 42.1 Å². The first-order valence-electron chi connectivity index (χ1n) is 8.18. The SMILES string of the molecule is Cc1nc(N2CCC(C)(N)CC2)cnc1S(=O)(=O)c1cccc(Cl)c1Cl. The Kier molecular flexibility index (Phi) is 5.18. The third-order valence-electron chi connectivity index (χ3n) is 4.58. The summed E-state index contributed by atoms with van der Waals surface area (Å²) in [6, 6.07) is 4.48. The van der Waals surface area contributed by atoms with Crippen molar-refractivity contribution in [3.05, 3.63) is 40.1 Å². The molecule has 26 heavy (non-hydrogen) atoms. The number of sulfone groups is 1. The van der Waals surface area contributed by atoms with Gasteiger partial charge in [-0.1, -0.05) is 29.3 Å². The van der Waals surface area contributed by atoms with Crippen molar-refractivity contribution >= 4 is 38.9 Å². The minimum Gasteiger partial charge on any atom is -0.355 e. The predicted molar refractivity (Wildman–Crippen MR) is 103 cm³/mol. The molecule has 2 heterocycles. The first-order chi connectivity index (χ1) is 12.1. The number of nitrogens with zero attached hydrogens (tertiary/aromatic N) is 3. The number of hydrogen-bond donors (Lipinski definition) is 1. The number of aryl methyl sites for hydroxylation is 1. The fraction of sp³-hybridized carbons (Fsp3) is 0.412. The third kappa shape index (κ3) is 3.67. The molecule has 0 unspecified atom stereocenters. The van der Waals surface area contributed by atoms with Crippen molar-refractivity contribution < 1.29 is 8.42 Å². The Labute approximate surface area is 163 Å². The summed E-state index contributed by atoms with van der Waals surface area (Å²) in [5.74, 6) is 0.647. The van der Waals surface area contributed by atoms with E-state index in [1.807, 2.05) is 6.92 Å². The van der Waals surface area contributed by atoms with Gasteiger partial charge in [0.25, 0.3) is 0 Å². The van der Waals surface area contributed by atoms with E-state index in [0.717, 1.165) is 25.9 Å². The number of nitrogens with two attached hydrogens (primary N) is 1. The lowest BCUT2D eigenvalue weighted by molar-refractivity contribution is 0.363. The van der Waals surface area contributed by atoms with E-state index in [1.54, 1.807) is 6.92 Å². The van der Waals surface area contributed by atoms with Crippen molar-refractivity contribution in [3.8, 4) is 0 Å². The van der Waals surface area contributed by atoms with Gasteiger partial charge in [-0.05, 0) is 38.8 Å². The van der Waals surface area contributed by atoms with E-state index in [0.29, 0.717) is 11.5 Å². The summed E-state index contributed by atoms with van der Waals surface area (Å²) in [5.41, 5.74) is 6.30. The highest BCUT2D eigenvalue weighted by atomic mass is 35.5. The highest BCUT2D eigenvalue weighted by molar-refractivity contribution is 7.91. The normalized spacial score (nSPS) is 17.3. The molecule has 0 atom stereocenters. The van der Waals surface area contributed by atoms with Crippen LogP contribution in [0.15, 0.2) is 34.3 Å². The molecule has 1 saturated heterocycles. The average molecular weight is 415 g/mol. The molecule has 1 aromatic heterocycles. The summed E-state index contributed by atoms with van der Waals surface area (Å²) in [4.78, 5) is 10.6. The Hall–Kier alpha value is -1.41. The second-order valence-corrected chi connectivity index (χ2v) is 9.43. The van der Waals surface area contributed by atoms with E-state index >= 15 is 0 Å². The van der Waals surface area contributed by atoms with Crippen LogP contribution in [0, 0.1) is 6.92 Å². The maximum atomic E-state index is 12.9. The first-order valence-corrected chi connectivity index (χ1v) is 10.4. The molecule has 1 aromatic carbocycles. The van der Waals surface area contributed by atoms with E-state index in [2.05, 4.69) is 14.9 Å². The monoisotopic (exact) mass is 414 g/mol. The molecule has 1 aliphatic rings. The van der Waals surface area contributed by atoms with Crippen LogP contribution < -0.4 is 10.6 Å². The Morgan fingerprint density at radius 2 is 1.88 bits per heavy atom. The number of anilines is 1. The topological polar surface area (TPSA) is 89.2 Å². The number of rotatable bonds is 3. The summed E-state index contributed by atoms with van der Waals surface area (Å²) in [5, 5.41) is 0.0388. The van der Waals surface area contributed by atoms with Gasteiger partial charge in [0.15, 0.2) is 5.03 Å². The molecule has 0 radical (unpaired) electrons. The number of piperidine rings is 1. The highest BCUT2D eigenvalue weighted by Gasteiger charge is 2.29. The molecule has 0 saturated carbocycles. The zero-order valence-corrected chi connectivity index (χ0v) is 16.9. The Bertz CT molecular complexity index is 938. The number of halogens is 2. The van der Waals surface area contributed by atoms with Gasteiger partial charge >= 0.3 is 0 Å². The molecule has 0 spiro atoms. The number of benzene rings is 1. The van der Waals surface area contributed by atoms with Gasteiger partial charge in [-0.15, -0.1) is 0 Å². The van der Waals surface area contributed by atoms with Crippen molar-refractivity contribution in [2.24, 2.45) is 5.73 Å². The van der Waals surface area contributed by atoms with Crippen LogP contribution in [0.25, 0.3) is 0 Å². The van der Waals surface area contributed by atoms with E-state index < -0.39 is 9.84 Å².